The van der Waals surface area contributed by atoms with Crippen LogP contribution in [0.5, 0.6) is 11.5 Å². The lowest BCUT2D eigenvalue weighted by molar-refractivity contribution is -0.150. The summed E-state index contributed by atoms with van der Waals surface area (Å²) in [5.41, 5.74) is 9.07. The van der Waals surface area contributed by atoms with Gasteiger partial charge >= 0.3 is 11.9 Å². The van der Waals surface area contributed by atoms with E-state index in [1.54, 1.807) is 0 Å². The van der Waals surface area contributed by atoms with Crippen LogP contribution in [0.4, 0.5) is 5.13 Å². The van der Waals surface area contributed by atoms with Crippen molar-refractivity contribution in [3.63, 3.8) is 0 Å². The zero-order chi connectivity index (χ0) is 32.1. The van der Waals surface area contributed by atoms with Gasteiger partial charge < -0.3 is 35.9 Å². The molecule has 8 N–H and O–H groups in total. The number of hydrazine groups is 1. The van der Waals surface area contributed by atoms with Crippen LogP contribution in [-0.4, -0.2) is 96.9 Å². The summed E-state index contributed by atoms with van der Waals surface area (Å²) in [6.45, 7) is 0.0640. The molecule has 0 aliphatic carbocycles. The molecular weight excluding hydrogens is 626 g/mol. The van der Waals surface area contributed by atoms with E-state index >= 15 is 0 Å². The van der Waals surface area contributed by atoms with Crippen LogP contribution >= 0.6 is 23.1 Å². The molecule has 0 saturated carbocycles. The summed E-state index contributed by atoms with van der Waals surface area (Å²) in [5, 5.41) is 35.3. The number of hydrogen-bond donors (Lipinski definition) is 7. The van der Waals surface area contributed by atoms with Crippen molar-refractivity contribution in [3.05, 3.63) is 46.1 Å². The van der Waals surface area contributed by atoms with Crippen molar-refractivity contribution in [2.24, 2.45) is 5.16 Å². The summed E-state index contributed by atoms with van der Waals surface area (Å²) < 4.78 is 4.89. The van der Waals surface area contributed by atoms with Gasteiger partial charge in [-0.1, -0.05) is 5.16 Å². The normalized spacial score (nSPS) is 17.6. The summed E-state index contributed by atoms with van der Waals surface area (Å²) in [4.78, 5) is 83.4. The van der Waals surface area contributed by atoms with Gasteiger partial charge in [-0.25, -0.2) is 9.78 Å². The number of rotatable bonds is 10. The first-order chi connectivity index (χ1) is 20.9. The minimum atomic E-state index is -1.40. The number of thiazole rings is 1. The van der Waals surface area contributed by atoms with Crippen molar-refractivity contribution in [2.45, 2.75) is 18.3 Å². The van der Waals surface area contributed by atoms with Crippen LogP contribution in [0, 0.1) is 0 Å². The number of phenols is 2. The topological polar surface area (TPSA) is 272 Å². The number of nitrogens with two attached hydrogens (primary N) is 1. The van der Waals surface area contributed by atoms with Crippen molar-refractivity contribution in [2.75, 3.05) is 24.7 Å². The fourth-order valence-electron chi connectivity index (χ4n) is 3.85. The number of aromatic hydroxyl groups is 2. The van der Waals surface area contributed by atoms with Gasteiger partial charge in [0.15, 0.2) is 28.9 Å². The molecule has 2 aromatic rings. The standard InChI is InChI=1S/C24H23N7O11S2/c1-9(32)41-5-11-7-43-22-17(21(38)31(22)18(11)23(39)40)27-20(37)16(12-8-44-24(25)26-12)30-42-6-15(35)28-29-19(36)10-2-3-13(33)14(34)4-10/h2-4,8,17,22,33-34H,5-7H2,1H3,(H2,25,26)(H,27,37)(H,28,35)(H,29,36)(H,39,40)/b30-16+. The number of carboxylic acids is 1. The van der Waals surface area contributed by atoms with Crippen LogP contribution in [-0.2, 0) is 33.5 Å². The fraction of sp³-hybridized carbons (Fsp3) is 0.250. The van der Waals surface area contributed by atoms with E-state index in [1.165, 1.54) is 11.4 Å². The Bertz CT molecular complexity index is 1610. The lowest BCUT2D eigenvalue weighted by atomic mass is 10.0. The smallest absolute Gasteiger partial charge is 0.352 e. The van der Waals surface area contributed by atoms with Crippen LogP contribution in [0.1, 0.15) is 23.0 Å². The Morgan fingerprint density at radius 2 is 1.93 bits per heavy atom. The number of fused-ring (bicyclic) bond motifs is 1. The van der Waals surface area contributed by atoms with Crippen LogP contribution in [0.15, 0.2) is 40.0 Å². The first kappa shape index (κ1) is 31.6. The molecule has 44 heavy (non-hydrogen) atoms. The Morgan fingerprint density at radius 1 is 1.18 bits per heavy atom. The van der Waals surface area contributed by atoms with Crippen LogP contribution in [0.2, 0.25) is 0 Å². The molecule has 18 nitrogen and oxygen atoms in total. The molecule has 2 unspecified atom stereocenters. The summed E-state index contributed by atoms with van der Waals surface area (Å²) in [6.07, 6.45) is 0. The number of esters is 1. The fourth-order valence-corrected chi connectivity index (χ4v) is 5.72. The van der Waals surface area contributed by atoms with Gasteiger partial charge in [-0.2, -0.15) is 0 Å². The third kappa shape index (κ3) is 6.98. The molecule has 232 valence electrons. The highest BCUT2D eigenvalue weighted by molar-refractivity contribution is 8.00. The summed E-state index contributed by atoms with van der Waals surface area (Å²) in [5.74, 6) is -6.30. The summed E-state index contributed by atoms with van der Waals surface area (Å²) in [7, 11) is 0. The monoisotopic (exact) mass is 649 g/mol. The number of thioether (sulfide) groups is 1. The van der Waals surface area contributed by atoms with Gasteiger partial charge in [0.05, 0.1) is 0 Å². The lowest BCUT2D eigenvalue weighted by Gasteiger charge is -2.49. The first-order valence-electron chi connectivity index (χ1n) is 12.2. The van der Waals surface area contributed by atoms with Crippen molar-refractivity contribution >= 4 is 69.5 Å². The molecule has 4 rings (SSSR count). The molecular formula is C24H23N7O11S2. The SMILES string of the molecule is CC(=O)OCC1=C(C(=O)O)N2C(=O)C(NC(=O)/C(=N/OCC(=O)NNC(=O)c3ccc(O)c(O)c3)c3csc(N)n3)C2SC1. The van der Waals surface area contributed by atoms with E-state index < -0.39 is 70.8 Å². The number of oxime groups is 1. The van der Waals surface area contributed by atoms with Crippen molar-refractivity contribution in [1.29, 1.82) is 0 Å². The molecule has 1 aromatic heterocycles. The number of nitrogen functional groups attached to an aromatic ring is 1. The molecule has 4 amide bonds. The highest BCUT2D eigenvalue weighted by Crippen LogP contribution is 2.40. The molecule has 3 heterocycles. The van der Waals surface area contributed by atoms with Crippen molar-refractivity contribution in [3.8, 4) is 11.5 Å². The molecule has 0 radical (unpaired) electrons. The van der Waals surface area contributed by atoms with E-state index in [0.29, 0.717) is 0 Å². The number of nitrogens with zero attached hydrogens (tertiary/aromatic N) is 3. The number of carbonyl (C=O) groups is 6. The second-order valence-electron chi connectivity index (χ2n) is 8.89. The van der Waals surface area contributed by atoms with Crippen molar-refractivity contribution < 1.29 is 53.7 Å². The Labute approximate surface area is 254 Å². The maximum atomic E-state index is 13.2. The Balaban J connectivity index is 1.39. The predicted octanol–water partition coefficient (Wildman–Crippen LogP) is -1.38. The van der Waals surface area contributed by atoms with Crippen LogP contribution in [0.25, 0.3) is 0 Å². The molecule has 1 aromatic carbocycles. The zero-order valence-corrected chi connectivity index (χ0v) is 24.1. The second kappa shape index (κ2) is 13.3. The van der Waals surface area contributed by atoms with Gasteiger partial charge in [-0.3, -0.25) is 39.7 Å². The number of ether oxygens (including phenoxy) is 1. The quantitative estimate of drug-likeness (QED) is 0.0514. The van der Waals surface area contributed by atoms with Gasteiger partial charge in [0.25, 0.3) is 23.6 Å². The third-order valence-corrected chi connectivity index (χ3v) is 7.88. The molecule has 20 heteroatoms. The molecule has 2 aliphatic heterocycles. The molecule has 2 aliphatic rings. The second-order valence-corrected chi connectivity index (χ2v) is 10.9. The van der Waals surface area contributed by atoms with Gasteiger partial charge in [0.1, 0.15) is 29.4 Å². The average molecular weight is 650 g/mol. The molecule has 0 spiro atoms. The van der Waals surface area contributed by atoms with Crippen molar-refractivity contribution in [1.82, 2.24) is 26.1 Å². The Morgan fingerprint density at radius 3 is 2.57 bits per heavy atom. The number of aromatic nitrogens is 1. The van der Waals surface area contributed by atoms with E-state index in [9.17, 15) is 44.1 Å². The number of phenolic OH excluding ortho intramolecular Hbond substituents is 2. The molecule has 1 saturated heterocycles. The van der Waals surface area contributed by atoms with Crippen LogP contribution < -0.4 is 21.9 Å². The number of carbonyl (C=O) groups excluding carboxylic acids is 5. The lowest BCUT2D eigenvalue weighted by Crippen LogP contribution is -2.71. The largest absolute Gasteiger partial charge is 0.504 e. The Hall–Kier alpha value is -5.37. The first-order valence-corrected chi connectivity index (χ1v) is 14.2. The highest BCUT2D eigenvalue weighted by Gasteiger charge is 2.54. The van der Waals surface area contributed by atoms with E-state index in [4.69, 9.17) is 15.3 Å². The van der Waals surface area contributed by atoms with Crippen LogP contribution in [0.3, 0.4) is 0 Å². The number of benzene rings is 1. The van der Waals surface area contributed by atoms with E-state index in [1.807, 2.05) is 5.43 Å². The summed E-state index contributed by atoms with van der Waals surface area (Å²) in [6, 6.07) is 2.09. The van der Waals surface area contributed by atoms with Gasteiger partial charge in [-0.05, 0) is 18.2 Å². The molecule has 2 atom stereocenters. The number of aliphatic carboxylic acids is 1. The number of amides is 4. The zero-order valence-electron chi connectivity index (χ0n) is 22.4. The number of hydrogen-bond acceptors (Lipinski definition) is 15. The van der Waals surface area contributed by atoms with E-state index in [2.05, 4.69) is 20.9 Å². The summed E-state index contributed by atoms with van der Waals surface area (Å²) >= 11 is 2.12. The van der Waals surface area contributed by atoms with Gasteiger partial charge in [-0.15, -0.1) is 23.1 Å². The predicted molar refractivity (Wildman–Crippen MR) is 151 cm³/mol. The highest BCUT2D eigenvalue weighted by atomic mass is 32.2. The van der Waals surface area contributed by atoms with E-state index in [0.717, 1.165) is 47.1 Å². The molecule has 1 fully saturated rings. The minimum Gasteiger partial charge on any atom is -0.504 e. The maximum Gasteiger partial charge on any atom is 0.352 e. The molecule has 0 bridgehead atoms. The van der Waals surface area contributed by atoms with Gasteiger partial charge in [0.2, 0.25) is 0 Å². The average Bonchev–Trinajstić information content (AvgIpc) is 3.41. The number of carboxylic acid groups (broad SMARTS) is 1. The maximum absolute atomic E-state index is 13.2. The Kier molecular flexibility index (Phi) is 9.54. The number of nitrogens with one attached hydrogen (secondary N) is 3. The number of β-lactam (4-membered cyclic amide) rings is 1. The number of anilines is 1. The van der Waals surface area contributed by atoms with E-state index in [-0.39, 0.29) is 40.0 Å². The minimum absolute atomic E-state index is 0.0411. The van der Waals surface area contributed by atoms with Gasteiger partial charge in [0, 0.05) is 29.2 Å². The third-order valence-electron chi connectivity index (χ3n) is 5.87.